The number of esters is 1. The van der Waals surface area contributed by atoms with Crippen LogP contribution in [0.15, 0.2) is 53.3 Å². The lowest BCUT2D eigenvalue weighted by atomic mass is 9.86. The first kappa shape index (κ1) is 25.4. The summed E-state index contributed by atoms with van der Waals surface area (Å²) in [5.74, 6) is -1.11. The summed E-state index contributed by atoms with van der Waals surface area (Å²) in [6.45, 7) is 7.75. The van der Waals surface area contributed by atoms with Crippen LogP contribution in [-0.2, 0) is 41.4 Å². The molecule has 1 atom stereocenters. The molecule has 0 amide bonds. The summed E-state index contributed by atoms with van der Waals surface area (Å²) >= 11 is 0. The van der Waals surface area contributed by atoms with Gasteiger partial charge in [-0.3, -0.25) is 9.69 Å². The number of aromatic nitrogens is 2. The molecule has 0 spiro atoms. The van der Waals surface area contributed by atoms with Crippen molar-refractivity contribution in [3.8, 4) is 11.4 Å². The number of fused-ring (bicyclic) bond motifs is 5. The van der Waals surface area contributed by atoms with Gasteiger partial charge in [0.05, 0.1) is 29.0 Å². The first-order chi connectivity index (χ1) is 18.7. The molecule has 39 heavy (non-hydrogen) atoms. The van der Waals surface area contributed by atoms with E-state index >= 15 is 0 Å². The Morgan fingerprint density at radius 3 is 2.59 bits per heavy atom. The standard InChI is InChI=1S/C31H30FN3O4/c1-4-31(38)24-12-27-28-22(16-35(27)29(36)23(24)17-39-30(31)37)21(20-11-18(3)25(32)13-26(20)33-28)15-34(5-2)14-19-9-7-6-8-10-19/h6-13,38H,4-5,14-17H2,1-3H3/t31-/m0/s1. The molecule has 4 heterocycles. The van der Waals surface area contributed by atoms with Gasteiger partial charge in [0.15, 0.2) is 5.60 Å². The van der Waals surface area contributed by atoms with Crippen molar-refractivity contribution in [2.75, 3.05) is 6.54 Å². The zero-order chi connectivity index (χ0) is 27.5. The molecular formula is C31H30FN3O4. The highest BCUT2D eigenvalue weighted by molar-refractivity contribution is 5.89. The van der Waals surface area contributed by atoms with Crippen molar-refractivity contribution in [1.29, 1.82) is 0 Å². The third kappa shape index (κ3) is 3.97. The van der Waals surface area contributed by atoms with Crippen LogP contribution in [0, 0.1) is 12.7 Å². The average Bonchev–Trinajstić information content (AvgIpc) is 3.30. The molecule has 0 radical (unpaired) electrons. The number of hydrogen-bond acceptors (Lipinski definition) is 6. The molecule has 2 aliphatic rings. The van der Waals surface area contributed by atoms with E-state index in [2.05, 4.69) is 24.0 Å². The molecule has 0 unspecified atom stereocenters. The number of hydrogen-bond donors (Lipinski definition) is 1. The molecule has 0 aliphatic carbocycles. The molecule has 2 aliphatic heterocycles. The van der Waals surface area contributed by atoms with Gasteiger partial charge in [-0.1, -0.05) is 44.2 Å². The molecule has 8 heteroatoms. The topological polar surface area (TPSA) is 84.7 Å². The van der Waals surface area contributed by atoms with Crippen molar-refractivity contribution >= 4 is 16.9 Å². The quantitative estimate of drug-likeness (QED) is 0.326. The first-order valence-corrected chi connectivity index (χ1v) is 13.3. The fraction of sp³-hybridized carbons (Fsp3) is 0.323. The maximum atomic E-state index is 14.7. The van der Waals surface area contributed by atoms with Crippen molar-refractivity contribution in [2.24, 2.45) is 0 Å². The van der Waals surface area contributed by atoms with Crippen molar-refractivity contribution in [3.63, 3.8) is 0 Å². The number of benzene rings is 2. The molecule has 7 nitrogen and oxygen atoms in total. The third-order valence-electron chi connectivity index (χ3n) is 8.16. The van der Waals surface area contributed by atoms with Gasteiger partial charge in [0.2, 0.25) is 0 Å². The van der Waals surface area contributed by atoms with E-state index in [0.29, 0.717) is 35.6 Å². The highest BCUT2D eigenvalue weighted by Gasteiger charge is 2.45. The van der Waals surface area contributed by atoms with Crippen LogP contribution in [-0.4, -0.2) is 32.1 Å². The van der Waals surface area contributed by atoms with Crippen molar-refractivity contribution < 1.29 is 19.0 Å². The predicted octanol–water partition coefficient (Wildman–Crippen LogP) is 4.55. The van der Waals surface area contributed by atoms with Gasteiger partial charge in [0.25, 0.3) is 5.56 Å². The fourth-order valence-corrected chi connectivity index (χ4v) is 5.82. The van der Waals surface area contributed by atoms with Crippen LogP contribution in [0.25, 0.3) is 22.3 Å². The van der Waals surface area contributed by atoms with Crippen LogP contribution < -0.4 is 5.56 Å². The highest BCUT2D eigenvalue weighted by Crippen LogP contribution is 2.40. The summed E-state index contributed by atoms with van der Waals surface area (Å²) < 4.78 is 21.6. The third-order valence-corrected chi connectivity index (χ3v) is 8.16. The Morgan fingerprint density at radius 1 is 1.10 bits per heavy atom. The largest absolute Gasteiger partial charge is 0.458 e. The zero-order valence-corrected chi connectivity index (χ0v) is 22.3. The number of nitrogens with zero attached hydrogens (tertiary/aromatic N) is 3. The molecule has 0 saturated heterocycles. The number of aryl methyl sites for hydroxylation is 1. The minimum atomic E-state index is -1.90. The highest BCUT2D eigenvalue weighted by atomic mass is 19.1. The number of carbonyl (C=O) groups excluding carboxylic acids is 1. The SMILES string of the molecule is CCN(Cc1ccccc1)Cc1c2c(nc3cc(F)c(C)cc13)-c1cc3c(c(=O)n1C2)COC(=O)[C@]3(O)CC. The second kappa shape index (κ2) is 9.39. The van der Waals surface area contributed by atoms with Gasteiger partial charge < -0.3 is 14.4 Å². The van der Waals surface area contributed by atoms with E-state index in [9.17, 15) is 19.1 Å². The summed E-state index contributed by atoms with van der Waals surface area (Å²) in [6, 6.07) is 15.2. The lowest BCUT2D eigenvalue weighted by molar-refractivity contribution is -0.172. The Bertz CT molecular complexity index is 1700. The summed E-state index contributed by atoms with van der Waals surface area (Å²) in [5, 5.41) is 12.0. The fourth-order valence-electron chi connectivity index (χ4n) is 5.82. The van der Waals surface area contributed by atoms with E-state index in [1.54, 1.807) is 24.5 Å². The van der Waals surface area contributed by atoms with Crippen LogP contribution in [0.1, 0.15) is 53.6 Å². The number of pyridine rings is 2. The normalized spacial score (nSPS) is 17.7. The second-order valence-electron chi connectivity index (χ2n) is 10.4. The molecule has 2 aromatic heterocycles. The molecule has 200 valence electrons. The lowest BCUT2D eigenvalue weighted by Crippen LogP contribution is -2.44. The van der Waals surface area contributed by atoms with Gasteiger partial charge >= 0.3 is 5.97 Å². The molecule has 0 saturated carbocycles. The van der Waals surface area contributed by atoms with E-state index < -0.39 is 11.6 Å². The summed E-state index contributed by atoms with van der Waals surface area (Å²) in [5.41, 5.74) is 3.55. The summed E-state index contributed by atoms with van der Waals surface area (Å²) in [6.07, 6.45) is 0.0699. The van der Waals surface area contributed by atoms with Crippen LogP contribution >= 0.6 is 0 Å². The Kier molecular flexibility index (Phi) is 6.12. The van der Waals surface area contributed by atoms with Crippen LogP contribution in [0.5, 0.6) is 0 Å². The van der Waals surface area contributed by atoms with Gasteiger partial charge in [-0.25, -0.2) is 14.2 Å². The number of rotatable bonds is 6. The maximum Gasteiger partial charge on any atom is 0.343 e. The van der Waals surface area contributed by atoms with Gasteiger partial charge in [0, 0.05) is 35.7 Å². The zero-order valence-electron chi connectivity index (χ0n) is 22.3. The van der Waals surface area contributed by atoms with Gasteiger partial charge in [0.1, 0.15) is 12.4 Å². The number of ether oxygens (including phenoxy) is 1. The Labute approximate surface area is 225 Å². The molecule has 0 bridgehead atoms. The second-order valence-corrected chi connectivity index (χ2v) is 10.4. The molecule has 1 N–H and O–H groups in total. The Balaban J connectivity index is 1.55. The molecular weight excluding hydrogens is 497 g/mol. The monoisotopic (exact) mass is 527 g/mol. The maximum absolute atomic E-state index is 14.7. The van der Waals surface area contributed by atoms with E-state index in [0.717, 1.165) is 29.6 Å². The van der Waals surface area contributed by atoms with Crippen LogP contribution in [0.4, 0.5) is 4.39 Å². The van der Waals surface area contributed by atoms with Crippen LogP contribution in [0.2, 0.25) is 0 Å². The number of halogens is 1. The molecule has 6 rings (SSSR count). The summed E-state index contributed by atoms with van der Waals surface area (Å²) in [4.78, 5) is 33.4. The smallest absolute Gasteiger partial charge is 0.343 e. The van der Waals surface area contributed by atoms with Crippen LogP contribution in [0.3, 0.4) is 0 Å². The van der Waals surface area contributed by atoms with Gasteiger partial charge in [-0.2, -0.15) is 0 Å². The predicted molar refractivity (Wildman–Crippen MR) is 145 cm³/mol. The van der Waals surface area contributed by atoms with E-state index in [-0.39, 0.29) is 35.5 Å². The average molecular weight is 528 g/mol. The molecule has 4 aromatic rings. The Hall–Kier alpha value is -3.88. The van der Waals surface area contributed by atoms with Gasteiger partial charge in [-0.05, 0) is 48.7 Å². The van der Waals surface area contributed by atoms with E-state index in [1.807, 2.05) is 24.3 Å². The van der Waals surface area contributed by atoms with Crippen molar-refractivity contribution in [2.45, 2.75) is 59.0 Å². The van der Waals surface area contributed by atoms with E-state index in [1.165, 1.54) is 11.6 Å². The number of aliphatic hydroxyl groups is 1. The number of carbonyl (C=O) groups is 1. The summed E-state index contributed by atoms with van der Waals surface area (Å²) in [7, 11) is 0. The Morgan fingerprint density at radius 2 is 1.87 bits per heavy atom. The minimum absolute atomic E-state index is 0.0699. The number of cyclic esters (lactones) is 1. The minimum Gasteiger partial charge on any atom is -0.458 e. The first-order valence-electron chi connectivity index (χ1n) is 13.3. The molecule has 2 aromatic carbocycles. The van der Waals surface area contributed by atoms with E-state index in [4.69, 9.17) is 9.72 Å². The lowest BCUT2D eigenvalue weighted by Gasteiger charge is -2.31. The molecule has 0 fully saturated rings. The van der Waals surface area contributed by atoms with Crippen molar-refractivity contribution in [3.05, 3.63) is 98.1 Å². The van der Waals surface area contributed by atoms with Crippen molar-refractivity contribution in [1.82, 2.24) is 14.5 Å². The van der Waals surface area contributed by atoms with Gasteiger partial charge in [-0.15, -0.1) is 0 Å².